The molecular formula is C30H30N4O5. The van der Waals surface area contributed by atoms with Gasteiger partial charge in [0.2, 0.25) is 11.8 Å². The highest BCUT2D eigenvalue weighted by Gasteiger charge is 2.55. The number of nitrogens with zero attached hydrogens (tertiary/aromatic N) is 3. The minimum Gasteiger partial charge on any atom is -0.508 e. The Labute approximate surface area is 225 Å². The highest BCUT2D eigenvalue weighted by molar-refractivity contribution is 6.19. The lowest BCUT2D eigenvalue weighted by atomic mass is 9.75. The number of hydrogen-bond acceptors (Lipinski definition) is 6. The number of phenolic OH excluding ortho intramolecular Hbond substituents is 1. The number of piperidine rings is 1. The molecule has 4 amide bonds. The van der Waals surface area contributed by atoms with Crippen LogP contribution in [0.25, 0.3) is 0 Å². The van der Waals surface area contributed by atoms with E-state index in [4.69, 9.17) is 0 Å². The Bertz CT molecular complexity index is 1490. The van der Waals surface area contributed by atoms with E-state index >= 15 is 0 Å². The molecule has 3 aliphatic heterocycles. The molecule has 9 nitrogen and oxygen atoms in total. The smallest absolute Gasteiger partial charge is 0.331 e. The number of aromatic nitrogens is 1. The van der Waals surface area contributed by atoms with E-state index in [9.17, 15) is 24.3 Å². The van der Waals surface area contributed by atoms with Crippen LogP contribution in [0.4, 0.5) is 4.79 Å². The topological polar surface area (TPSA) is 112 Å². The fourth-order valence-electron chi connectivity index (χ4n) is 6.46. The molecule has 3 aromatic rings. The van der Waals surface area contributed by atoms with Gasteiger partial charge in [0.05, 0.1) is 6.54 Å². The summed E-state index contributed by atoms with van der Waals surface area (Å²) in [6.07, 6.45) is 1.03. The number of likely N-dealkylation sites (tertiary alicyclic amines) is 1. The van der Waals surface area contributed by atoms with E-state index in [2.05, 4.69) is 10.2 Å². The van der Waals surface area contributed by atoms with Gasteiger partial charge in [0, 0.05) is 43.9 Å². The van der Waals surface area contributed by atoms with Gasteiger partial charge in [-0.2, -0.15) is 0 Å². The highest BCUT2D eigenvalue weighted by Crippen LogP contribution is 2.38. The first kappa shape index (κ1) is 25.1. The third kappa shape index (κ3) is 4.63. The van der Waals surface area contributed by atoms with Crippen molar-refractivity contribution >= 4 is 17.8 Å². The molecule has 4 heterocycles. The Morgan fingerprint density at radius 2 is 1.62 bits per heavy atom. The van der Waals surface area contributed by atoms with Gasteiger partial charge in [0.15, 0.2) is 0 Å². The normalized spacial score (nSPS) is 24.8. The predicted octanol–water partition coefficient (Wildman–Crippen LogP) is 2.48. The lowest BCUT2D eigenvalue weighted by molar-refractivity contribution is -0.154. The SMILES string of the molecule is O=C1NC(=O)[C@@](Cc2ccc(O)cc2)(CN2C[C@H]3C[C@@H](C2)c2cccc(=O)n2C3)C(=O)N1Cc1ccccc1. The van der Waals surface area contributed by atoms with Crippen LogP contribution in [-0.2, 0) is 29.1 Å². The number of phenols is 1. The zero-order valence-corrected chi connectivity index (χ0v) is 21.5. The molecule has 0 radical (unpaired) electrons. The van der Waals surface area contributed by atoms with Crippen LogP contribution in [0.5, 0.6) is 5.75 Å². The van der Waals surface area contributed by atoms with Crippen molar-refractivity contribution in [2.45, 2.75) is 31.8 Å². The summed E-state index contributed by atoms with van der Waals surface area (Å²) in [5, 5.41) is 12.3. The average molecular weight is 527 g/mol. The van der Waals surface area contributed by atoms with Crippen molar-refractivity contribution in [1.82, 2.24) is 19.7 Å². The number of hydrogen-bond donors (Lipinski definition) is 2. The van der Waals surface area contributed by atoms with Gasteiger partial charge in [-0.3, -0.25) is 24.6 Å². The Hall–Kier alpha value is -4.24. The molecule has 2 saturated heterocycles. The van der Waals surface area contributed by atoms with E-state index in [1.165, 1.54) is 12.1 Å². The maximum atomic E-state index is 14.2. The molecule has 3 atom stereocenters. The number of amides is 4. The zero-order valence-electron chi connectivity index (χ0n) is 21.5. The average Bonchev–Trinajstić information content (AvgIpc) is 2.92. The van der Waals surface area contributed by atoms with Crippen molar-refractivity contribution in [3.63, 3.8) is 0 Å². The number of aromatic hydroxyl groups is 1. The van der Waals surface area contributed by atoms with Gasteiger partial charge < -0.3 is 14.6 Å². The quantitative estimate of drug-likeness (QED) is 0.478. The molecule has 3 aliphatic rings. The zero-order chi connectivity index (χ0) is 27.1. The second-order valence-corrected chi connectivity index (χ2v) is 11.0. The lowest BCUT2D eigenvalue weighted by Crippen LogP contribution is -2.67. The van der Waals surface area contributed by atoms with E-state index in [0.717, 1.165) is 22.6 Å². The molecule has 0 spiro atoms. The number of benzene rings is 2. The van der Waals surface area contributed by atoms with Gasteiger partial charge in [-0.05, 0) is 48.1 Å². The second kappa shape index (κ2) is 9.81. The number of rotatable bonds is 6. The van der Waals surface area contributed by atoms with Crippen LogP contribution in [-0.4, -0.2) is 57.0 Å². The van der Waals surface area contributed by atoms with Gasteiger partial charge in [-0.1, -0.05) is 48.5 Å². The maximum Gasteiger partial charge on any atom is 0.331 e. The first-order chi connectivity index (χ1) is 18.8. The Balaban J connectivity index is 1.35. The highest BCUT2D eigenvalue weighted by atomic mass is 16.3. The standard InChI is InChI=1S/C30H30N4O5/c35-24-11-9-20(10-12-24)14-30(27(37)31-29(39)34(28(30)38)16-21-5-2-1-3-6-21)19-32-15-22-13-23(18-32)25-7-4-8-26(36)33(25)17-22/h1-12,22-23,35H,13-19H2,(H,31,37,39)/t22-,23+,30-/m1/s1. The van der Waals surface area contributed by atoms with Crippen LogP contribution in [0.15, 0.2) is 77.6 Å². The van der Waals surface area contributed by atoms with Crippen LogP contribution < -0.4 is 10.9 Å². The van der Waals surface area contributed by atoms with E-state index in [1.54, 1.807) is 24.3 Å². The molecule has 2 bridgehead atoms. The predicted molar refractivity (Wildman–Crippen MR) is 143 cm³/mol. The number of imide groups is 2. The number of nitrogens with one attached hydrogen (secondary N) is 1. The van der Waals surface area contributed by atoms with Gasteiger partial charge in [0.1, 0.15) is 11.2 Å². The van der Waals surface area contributed by atoms with Crippen molar-refractivity contribution in [3.8, 4) is 5.75 Å². The summed E-state index contributed by atoms with van der Waals surface area (Å²) in [6.45, 7) is 2.04. The summed E-state index contributed by atoms with van der Waals surface area (Å²) in [5.74, 6) is -0.722. The largest absolute Gasteiger partial charge is 0.508 e. The Morgan fingerprint density at radius 1 is 0.846 bits per heavy atom. The van der Waals surface area contributed by atoms with Crippen LogP contribution in [0.2, 0.25) is 0 Å². The third-order valence-electron chi connectivity index (χ3n) is 8.23. The van der Waals surface area contributed by atoms with Gasteiger partial charge >= 0.3 is 6.03 Å². The van der Waals surface area contributed by atoms with Gasteiger partial charge in [0.25, 0.3) is 5.56 Å². The monoisotopic (exact) mass is 526 g/mol. The van der Waals surface area contributed by atoms with Gasteiger partial charge in [-0.25, -0.2) is 4.79 Å². The number of urea groups is 1. The van der Waals surface area contributed by atoms with Crippen molar-refractivity contribution in [2.75, 3.05) is 19.6 Å². The van der Waals surface area contributed by atoms with Crippen LogP contribution in [0.3, 0.4) is 0 Å². The number of carbonyl (C=O) groups excluding carboxylic acids is 3. The second-order valence-electron chi connectivity index (χ2n) is 11.0. The molecule has 6 rings (SSSR count). The Morgan fingerprint density at radius 3 is 2.38 bits per heavy atom. The fraction of sp³-hybridized carbons (Fsp3) is 0.333. The maximum absolute atomic E-state index is 14.2. The Kier molecular flexibility index (Phi) is 6.31. The first-order valence-electron chi connectivity index (χ1n) is 13.2. The van der Waals surface area contributed by atoms with E-state index in [0.29, 0.717) is 25.2 Å². The molecule has 2 fully saturated rings. The molecule has 39 heavy (non-hydrogen) atoms. The molecule has 1 aromatic heterocycles. The van der Waals surface area contributed by atoms with E-state index in [1.807, 2.05) is 41.0 Å². The molecule has 0 unspecified atom stereocenters. The van der Waals surface area contributed by atoms with Crippen LogP contribution >= 0.6 is 0 Å². The summed E-state index contributed by atoms with van der Waals surface area (Å²) in [5.41, 5.74) is 0.928. The number of pyridine rings is 1. The van der Waals surface area contributed by atoms with Crippen LogP contribution in [0, 0.1) is 11.3 Å². The van der Waals surface area contributed by atoms with E-state index in [-0.39, 0.29) is 42.7 Å². The number of barbiturate groups is 1. The van der Waals surface area contributed by atoms with Crippen molar-refractivity contribution in [3.05, 3.63) is 100.0 Å². The van der Waals surface area contributed by atoms with E-state index < -0.39 is 23.3 Å². The number of fused-ring (bicyclic) bond motifs is 4. The fourth-order valence-corrected chi connectivity index (χ4v) is 6.46. The summed E-state index contributed by atoms with van der Waals surface area (Å²) in [4.78, 5) is 56.6. The van der Waals surface area contributed by atoms with Crippen molar-refractivity contribution < 1.29 is 19.5 Å². The number of carbonyl (C=O) groups is 3. The summed E-state index contributed by atoms with van der Waals surface area (Å²) < 4.78 is 1.85. The molecular weight excluding hydrogens is 496 g/mol. The molecule has 9 heteroatoms. The molecule has 2 N–H and O–H groups in total. The first-order valence-corrected chi connectivity index (χ1v) is 13.2. The molecule has 2 aromatic carbocycles. The minimum absolute atomic E-state index is 0.00338. The summed E-state index contributed by atoms with van der Waals surface area (Å²) in [7, 11) is 0. The summed E-state index contributed by atoms with van der Waals surface area (Å²) in [6, 6.07) is 20.3. The van der Waals surface area contributed by atoms with Crippen LogP contribution in [0.1, 0.15) is 29.2 Å². The van der Waals surface area contributed by atoms with Crippen molar-refractivity contribution in [2.24, 2.45) is 11.3 Å². The molecule has 200 valence electrons. The van der Waals surface area contributed by atoms with Crippen molar-refractivity contribution in [1.29, 1.82) is 0 Å². The third-order valence-corrected chi connectivity index (χ3v) is 8.23. The molecule has 0 aliphatic carbocycles. The summed E-state index contributed by atoms with van der Waals surface area (Å²) >= 11 is 0. The minimum atomic E-state index is -1.54. The molecule has 0 saturated carbocycles. The van der Waals surface area contributed by atoms with Gasteiger partial charge in [-0.15, -0.1) is 0 Å². The lowest BCUT2D eigenvalue weighted by Gasteiger charge is -2.47.